The van der Waals surface area contributed by atoms with Gasteiger partial charge in [0.2, 0.25) is 5.91 Å². The largest absolute Gasteiger partial charge is 0.382 e. The van der Waals surface area contributed by atoms with Crippen molar-refractivity contribution >= 4 is 28.5 Å². The number of benzene rings is 3. The van der Waals surface area contributed by atoms with Gasteiger partial charge in [0.25, 0.3) is 5.91 Å². The van der Waals surface area contributed by atoms with E-state index in [-0.39, 0.29) is 18.2 Å². The predicted octanol–water partition coefficient (Wildman–Crippen LogP) is 4.75. The van der Waals surface area contributed by atoms with Crippen LogP contribution < -0.4 is 10.6 Å². The van der Waals surface area contributed by atoms with Crippen LogP contribution in [0.15, 0.2) is 78.9 Å². The van der Waals surface area contributed by atoms with Crippen LogP contribution in [0.3, 0.4) is 0 Å². The number of aromatic nitrogens is 2. The Hall–Kier alpha value is -3.97. The fourth-order valence-electron chi connectivity index (χ4n) is 3.92. The quantitative estimate of drug-likeness (QED) is 0.310. The Morgan fingerprint density at radius 1 is 0.971 bits per heavy atom. The van der Waals surface area contributed by atoms with Crippen molar-refractivity contribution < 1.29 is 14.3 Å². The maximum absolute atomic E-state index is 12.7. The van der Waals surface area contributed by atoms with Gasteiger partial charge in [0, 0.05) is 49.5 Å². The van der Waals surface area contributed by atoms with Crippen molar-refractivity contribution in [3.8, 4) is 5.69 Å². The fourth-order valence-corrected chi connectivity index (χ4v) is 3.92. The number of fused-ring (bicyclic) bond motifs is 1. The third-order valence-electron chi connectivity index (χ3n) is 5.58. The molecule has 2 N–H and O–H groups in total. The number of hydrogen-bond donors (Lipinski definition) is 2. The number of amides is 2. The Morgan fingerprint density at radius 2 is 1.77 bits per heavy atom. The number of carbonyl (C=O) groups is 2. The Labute approximate surface area is 205 Å². The molecular formula is C28H30N4O3. The molecule has 0 aliphatic rings. The molecule has 4 aromatic rings. The second-order valence-electron chi connectivity index (χ2n) is 8.12. The maximum atomic E-state index is 12.7. The summed E-state index contributed by atoms with van der Waals surface area (Å²) >= 11 is 0. The van der Waals surface area contributed by atoms with Crippen molar-refractivity contribution in [1.82, 2.24) is 14.9 Å². The molecule has 0 radical (unpaired) electrons. The highest BCUT2D eigenvalue weighted by atomic mass is 16.5. The summed E-state index contributed by atoms with van der Waals surface area (Å²) in [5.74, 6) is 0.521. The summed E-state index contributed by atoms with van der Waals surface area (Å²) in [5.41, 5.74) is 4.01. The van der Waals surface area contributed by atoms with Crippen LogP contribution in [-0.4, -0.2) is 41.1 Å². The summed E-state index contributed by atoms with van der Waals surface area (Å²) in [6.07, 6.45) is 1.50. The van der Waals surface area contributed by atoms with Crippen molar-refractivity contribution in [2.45, 2.75) is 26.2 Å². The zero-order valence-corrected chi connectivity index (χ0v) is 19.9. The normalized spacial score (nSPS) is 10.9. The second kappa shape index (κ2) is 11.9. The van der Waals surface area contributed by atoms with E-state index in [0.29, 0.717) is 37.4 Å². The summed E-state index contributed by atoms with van der Waals surface area (Å²) < 4.78 is 7.38. The minimum absolute atomic E-state index is 0.133. The zero-order valence-electron chi connectivity index (χ0n) is 19.9. The molecule has 7 nitrogen and oxygen atoms in total. The summed E-state index contributed by atoms with van der Waals surface area (Å²) in [6.45, 7) is 3.76. The van der Waals surface area contributed by atoms with E-state index in [9.17, 15) is 9.59 Å². The van der Waals surface area contributed by atoms with Crippen LogP contribution in [0.5, 0.6) is 0 Å². The van der Waals surface area contributed by atoms with E-state index < -0.39 is 0 Å². The van der Waals surface area contributed by atoms with E-state index in [1.54, 1.807) is 24.3 Å². The monoisotopic (exact) mass is 470 g/mol. The molecule has 0 bridgehead atoms. The Bertz CT molecular complexity index is 1280. The van der Waals surface area contributed by atoms with Gasteiger partial charge in [0.1, 0.15) is 5.82 Å². The molecule has 1 aromatic heterocycles. The Kier molecular flexibility index (Phi) is 8.25. The molecule has 0 spiro atoms. The minimum atomic E-state index is -0.172. The van der Waals surface area contributed by atoms with Crippen LogP contribution in [-0.2, 0) is 16.0 Å². The number of imidazole rings is 1. The van der Waals surface area contributed by atoms with Crippen LogP contribution in [0.4, 0.5) is 5.69 Å². The zero-order chi connectivity index (χ0) is 24.5. The van der Waals surface area contributed by atoms with E-state index in [2.05, 4.69) is 15.2 Å². The highest BCUT2D eigenvalue weighted by Crippen LogP contribution is 2.22. The van der Waals surface area contributed by atoms with Gasteiger partial charge in [-0.25, -0.2) is 4.98 Å². The van der Waals surface area contributed by atoms with E-state index in [4.69, 9.17) is 9.72 Å². The van der Waals surface area contributed by atoms with E-state index in [0.717, 1.165) is 29.0 Å². The number of carbonyl (C=O) groups excluding carboxylic acids is 2. The van der Waals surface area contributed by atoms with Gasteiger partial charge in [0.05, 0.1) is 11.0 Å². The average molecular weight is 471 g/mol. The molecule has 7 heteroatoms. The number of aryl methyl sites for hydroxylation is 1. The maximum Gasteiger partial charge on any atom is 0.251 e. The Morgan fingerprint density at radius 3 is 2.60 bits per heavy atom. The van der Waals surface area contributed by atoms with Crippen LogP contribution >= 0.6 is 0 Å². The third kappa shape index (κ3) is 6.33. The topological polar surface area (TPSA) is 85.2 Å². The minimum Gasteiger partial charge on any atom is -0.382 e. The molecule has 0 atom stereocenters. The predicted molar refractivity (Wildman–Crippen MR) is 138 cm³/mol. The van der Waals surface area contributed by atoms with Crippen LogP contribution in [0, 0.1) is 0 Å². The highest BCUT2D eigenvalue weighted by molar-refractivity contribution is 5.97. The molecular weight excluding hydrogens is 440 g/mol. The number of nitrogens with one attached hydrogen (secondary N) is 2. The first-order valence-electron chi connectivity index (χ1n) is 11.9. The van der Waals surface area contributed by atoms with E-state index >= 15 is 0 Å². The summed E-state index contributed by atoms with van der Waals surface area (Å²) in [5, 5.41) is 5.79. The van der Waals surface area contributed by atoms with Crippen LogP contribution in [0.25, 0.3) is 16.7 Å². The molecule has 180 valence electrons. The van der Waals surface area contributed by atoms with Crippen molar-refractivity contribution in [2.24, 2.45) is 0 Å². The van der Waals surface area contributed by atoms with Gasteiger partial charge in [-0.3, -0.25) is 14.2 Å². The van der Waals surface area contributed by atoms with Gasteiger partial charge in [0.15, 0.2) is 0 Å². The van der Waals surface area contributed by atoms with Gasteiger partial charge in [-0.15, -0.1) is 0 Å². The number of anilines is 1. The molecule has 0 fully saturated rings. The number of nitrogens with zero attached hydrogens (tertiary/aromatic N) is 2. The lowest BCUT2D eigenvalue weighted by molar-refractivity contribution is -0.116. The smallest absolute Gasteiger partial charge is 0.251 e. The first kappa shape index (κ1) is 24.2. The number of ether oxygens (including phenoxy) is 1. The van der Waals surface area contributed by atoms with Gasteiger partial charge in [-0.2, -0.15) is 0 Å². The molecule has 2 amide bonds. The molecule has 1 heterocycles. The number of hydrogen-bond acceptors (Lipinski definition) is 4. The Balaban J connectivity index is 1.39. The lowest BCUT2D eigenvalue weighted by Gasteiger charge is -2.10. The van der Waals surface area contributed by atoms with Gasteiger partial charge < -0.3 is 15.4 Å². The number of para-hydroxylation sites is 3. The molecule has 0 saturated heterocycles. The first-order chi connectivity index (χ1) is 17.2. The molecule has 3 aromatic carbocycles. The second-order valence-corrected chi connectivity index (χ2v) is 8.12. The molecule has 0 aliphatic heterocycles. The van der Waals surface area contributed by atoms with Gasteiger partial charge in [-0.05, 0) is 55.8 Å². The fraction of sp³-hybridized carbons (Fsp3) is 0.250. The molecule has 35 heavy (non-hydrogen) atoms. The van der Waals surface area contributed by atoms with Crippen LogP contribution in [0.2, 0.25) is 0 Å². The molecule has 0 aliphatic carbocycles. The lowest BCUT2D eigenvalue weighted by Crippen LogP contribution is -2.25. The molecule has 4 rings (SSSR count). The summed E-state index contributed by atoms with van der Waals surface area (Å²) in [6, 6.07) is 24.9. The molecule has 0 unspecified atom stereocenters. The standard InChI is InChI=1S/C28H30N4O3/c1-2-35-19-9-18-29-28(34)21-10-8-11-22(20-21)30-27(33)17-16-26-31-24-14-6-7-15-25(24)32(26)23-12-4-3-5-13-23/h3-8,10-15,20H,2,9,16-19H2,1H3,(H,29,34)(H,30,33). The summed E-state index contributed by atoms with van der Waals surface area (Å²) in [7, 11) is 0. The van der Waals surface area contributed by atoms with E-state index in [1.165, 1.54) is 0 Å². The highest BCUT2D eigenvalue weighted by Gasteiger charge is 2.14. The number of rotatable bonds is 11. The van der Waals surface area contributed by atoms with Gasteiger partial charge in [-0.1, -0.05) is 36.4 Å². The third-order valence-corrected chi connectivity index (χ3v) is 5.58. The van der Waals surface area contributed by atoms with Crippen LogP contribution in [0.1, 0.15) is 35.9 Å². The van der Waals surface area contributed by atoms with Crippen molar-refractivity contribution in [3.05, 3.63) is 90.3 Å². The van der Waals surface area contributed by atoms with Crippen molar-refractivity contribution in [2.75, 3.05) is 25.1 Å². The van der Waals surface area contributed by atoms with Crippen molar-refractivity contribution in [3.63, 3.8) is 0 Å². The SMILES string of the molecule is CCOCCCNC(=O)c1cccc(NC(=O)CCc2nc3ccccc3n2-c2ccccc2)c1. The lowest BCUT2D eigenvalue weighted by atomic mass is 10.1. The van der Waals surface area contributed by atoms with Gasteiger partial charge >= 0.3 is 0 Å². The van der Waals surface area contributed by atoms with E-state index in [1.807, 2.05) is 61.5 Å². The summed E-state index contributed by atoms with van der Waals surface area (Å²) in [4.78, 5) is 29.9. The first-order valence-corrected chi connectivity index (χ1v) is 11.9. The average Bonchev–Trinajstić information content (AvgIpc) is 3.26. The molecule has 0 saturated carbocycles. The van der Waals surface area contributed by atoms with Crippen molar-refractivity contribution in [1.29, 1.82) is 0 Å².